The lowest BCUT2D eigenvalue weighted by atomic mass is 9.64. The van der Waals surface area contributed by atoms with E-state index < -0.39 is 6.09 Å². The van der Waals surface area contributed by atoms with Crippen molar-refractivity contribution in [3.8, 4) is 0 Å². The number of rotatable bonds is 4. The smallest absolute Gasteiger partial charge is 0.434 e. The number of ether oxygens (including phenoxy) is 1. The minimum Gasteiger partial charge on any atom is -0.444 e. The lowest BCUT2D eigenvalue weighted by Crippen LogP contribution is -2.51. The third kappa shape index (κ3) is 3.95. The first-order valence-electron chi connectivity index (χ1n) is 10.9. The first kappa shape index (κ1) is 20.8. The molecule has 2 fully saturated rings. The Kier molecular flexibility index (Phi) is 5.57. The summed E-state index contributed by atoms with van der Waals surface area (Å²) < 4.78 is 6.06. The van der Waals surface area contributed by atoms with E-state index in [2.05, 4.69) is 20.8 Å². The zero-order valence-corrected chi connectivity index (χ0v) is 17.8. The summed E-state index contributed by atoms with van der Waals surface area (Å²) in [6.07, 6.45) is 8.03. The number of nitro benzene ring substituents is 1. The molecule has 7 nitrogen and oxygen atoms in total. The molecule has 2 aliphatic carbocycles. The van der Waals surface area contributed by atoms with Crippen molar-refractivity contribution in [2.24, 2.45) is 11.8 Å². The van der Waals surface area contributed by atoms with Crippen molar-refractivity contribution in [1.82, 2.24) is 5.06 Å². The molecule has 2 bridgehead atoms. The molecule has 5 atom stereocenters. The fourth-order valence-electron chi connectivity index (χ4n) is 5.16. The summed E-state index contributed by atoms with van der Waals surface area (Å²) in [5.74, 6) is 0.599. The van der Waals surface area contributed by atoms with Gasteiger partial charge in [-0.1, -0.05) is 51.5 Å². The Morgan fingerprint density at radius 2 is 1.90 bits per heavy atom. The van der Waals surface area contributed by atoms with Crippen LogP contribution in [-0.4, -0.2) is 34.3 Å². The monoisotopic (exact) mass is 414 g/mol. The van der Waals surface area contributed by atoms with Crippen LogP contribution in [0.4, 0.5) is 10.5 Å². The molecule has 1 amide bonds. The van der Waals surface area contributed by atoms with E-state index in [1.165, 1.54) is 5.06 Å². The zero-order valence-electron chi connectivity index (χ0n) is 17.8. The van der Waals surface area contributed by atoms with E-state index in [-0.39, 0.29) is 40.2 Å². The van der Waals surface area contributed by atoms with Crippen molar-refractivity contribution < 1.29 is 19.3 Å². The molecule has 0 unspecified atom stereocenters. The number of benzene rings is 1. The van der Waals surface area contributed by atoms with E-state index in [1.54, 1.807) is 12.1 Å². The Balaban J connectivity index is 1.52. The van der Waals surface area contributed by atoms with E-state index in [9.17, 15) is 14.9 Å². The molecule has 1 saturated heterocycles. The third-order valence-electron chi connectivity index (χ3n) is 7.08. The maximum Gasteiger partial charge on any atom is 0.434 e. The number of hydroxylamine groups is 2. The van der Waals surface area contributed by atoms with Gasteiger partial charge in [-0.3, -0.25) is 15.0 Å². The van der Waals surface area contributed by atoms with Crippen LogP contribution in [0.15, 0.2) is 36.4 Å². The third-order valence-corrected chi connectivity index (χ3v) is 7.08. The minimum atomic E-state index is -0.405. The van der Waals surface area contributed by atoms with Crippen LogP contribution in [-0.2, 0) is 15.0 Å². The summed E-state index contributed by atoms with van der Waals surface area (Å²) >= 11 is 0. The molecule has 0 spiro atoms. The van der Waals surface area contributed by atoms with Gasteiger partial charge >= 0.3 is 6.09 Å². The SMILES string of the molecule is C[C@@H]1CC[C@@H](C(C)(C)c2ccc([N+](=O)[O-])cc2)[C@H](OC(=O)N2O[C@H]3C=C[C@@H]2CC3)C1. The normalized spacial score (nSPS) is 30.9. The van der Waals surface area contributed by atoms with E-state index in [4.69, 9.17) is 9.57 Å². The van der Waals surface area contributed by atoms with Gasteiger partial charge in [0.15, 0.2) is 0 Å². The molecule has 7 heteroatoms. The van der Waals surface area contributed by atoms with E-state index >= 15 is 0 Å². The lowest BCUT2D eigenvalue weighted by Gasteiger charge is -2.45. The maximum atomic E-state index is 13.0. The summed E-state index contributed by atoms with van der Waals surface area (Å²) in [5, 5.41) is 12.4. The highest BCUT2D eigenvalue weighted by molar-refractivity contribution is 5.67. The van der Waals surface area contributed by atoms with Crippen LogP contribution in [0.5, 0.6) is 0 Å². The quantitative estimate of drug-likeness (QED) is 0.387. The Bertz CT molecular complexity index is 835. The summed E-state index contributed by atoms with van der Waals surface area (Å²) in [6.45, 7) is 6.47. The standard InChI is InChI=1S/C23H30N2O5/c1-15-4-13-20(23(2,3)16-5-7-18(8-6-16)25(27)28)21(14-15)29-22(26)24-17-9-11-19(30-24)12-10-17/h5-9,11,15,17,19-21H,4,10,12-14H2,1-3H3/t15-,17-,19+,20-,21-/m1/s1. The number of nitrogens with zero attached hydrogens (tertiary/aromatic N) is 2. The minimum absolute atomic E-state index is 0.0415. The van der Waals surface area contributed by atoms with Crippen molar-refractivity contribution in [2.45, 2.75) is 76.5 Å². The fourth-order valence-corrected chi connectivity index (χ4v) is 5.16. The maximum absolute atomic E-state index is 13.0. The molecule has 2 heterocycles. The lowest BCUT2D eigenvalue weighted by molar-refractivity contribution is -0.384. The highest BCUT2D eigenvalue weighted by Crippen LogP contribution is 2.44. The second-order valence-corrected chi connectivity index (χ2v) is 9.47. The van der Waals surface area contributed by atoms with Gasteiger partial charge in [-0.05, 0) is 42.6 Å². The Morgan fingerprint density at radius 3 is 2.47 bits per heavy atom. The topological polar surface area (TPSA) is 81.9 Å². The van der Waals surface area contributed by atoms with Crippen LogP contribution >= 0.6 is 0 Å². The van der Waals surface area contributed by atoms with Gasteiger partial charge in [0.2, 0.25) is 0 Å². The van der Waals surface area contributed by atoms with Gasteiger partial charge in [0.1, 0.15) is 12.2 Å². The van der Waals surface area contributed by atoms with Gasteiger partial charge in [-0.25, -0.2) is 4.79 Å². The molecule has 2 aliphatic heterocycles. The van der Waals surface area contributed by atoms with Crippen LogP contribution < -0.4 is 0 Å². The Morgan fingerprint density at radius 1 is 1.17 bits per heavy atom. The largest absolute Gasteiger partial charge is 0.444 e. The molecule has 0 N–H and O–H groups in total. The van der Waals surface area contributed by atoms with Crippen LogP contribution in [0.1, 0.15) is 58.4 Å². The van der Waals surface area contributed by atoms with Gasteiger partial charge in [-0.2, -0.15) is 5.06 Å². The number of fused-ring (bicyclic) bond motifs is 2. The molecule has 1 aromatic rings. The molecule has 162 valence electrons. The average Bonchev–Trinajstić information content (AvgIpc) is 2.74. The highest BCUT2D eigenvalue weighted by atomic mass is 16.7. The van der Waals surface area contributed by atoms with Crippen molar-refractivity contribution in [1.29, 1.82) is 0 Å². The van der Waals surface area contributed by atoms with Crippen LogP contribution in [0.25, 0.3) is 0 Å². The summed E-state index contributed by atoms with van der Waals surface area (Å²) in [5.41, 5.74) is 0.812. The first-order valence-corrected chi connectivity index (χ1v) is 10.9. The van der Waals surface area contributed by atoms with E-state index in [1.807, 2.05) is 24.3 Å². The Labute approximate surface area is 177 Å². The summed E-state index contributed by atoms with van der Waals surface area (Å²) in [6, 6.07) is 6.70. The van der Waals surface area contributed by atoms with Gasteiger partial charge < -0.3 is 4.74 Å². The van der Waals surface area contributed by atoms with Crippen molar-refractivity contribution in [3.63, 3.8) is 0 Å². The van der Waals surface area contributed by atoms with Crippen LogP contribution in [0.2, 0.25) is 0 Å². The number of non-ortho nitro benzene ring substituents is 1. The number of carbonyl (C=O) groups is 1. The van der Waals surface area contributed by atoms with Gasteiger partial charge in [-0.15, -0.1) is 0 Å². The predicted molar refractivity (Wildman–Crippen MR) is 112 cm³/mol. The van der Waals surface area contributed by atoms with Gasteiger partial charge in [0, 0.05) is 18.1 Å². The van der Waals surface area contributed by atoms with Gasteiger partial charge in [0.25, 0.3) is 5.69 Å². The molecule has 4 aliphatic rings. The van der Waals surface area contributed by atoms with E-state index in [0.717, 1.165) is 37.7 Å². The fraction of sp³-hybridized carbons (Fsp3) is 0.609. The van der Waals surface area contributed by atoms with Crippen LogP contribution in [0, 0.1) is 22.0 Å². The Hall–Kier alpha value is -2.41. The van der Waals surface area contributed by atoms with E-state index in [0.29, 0.717) is 5.92 Å². The molecule has 5 rings (SSSR count). The highest BCUT2D eigenvalue weighted by Gasteiger charge is 2.44. The number of hydrogen-bond acceptors (Lipinski definition) is 5. The summed E-state index contributed by atoms with van der Waals surface area (Å²) in [7, 11) is 0. The van der Waals surface area contributed by atoms with Crippen molar-refractivity contribution in [2.75, 3.05) is 0 Å². The van der Waals surface area contributed by atoms with Crippen molar-refractivity contribution in [3.05, 3.63) is 52.1 Å². The molecule has 1 saturated carbocycles. The van der Waals surface area contributed by atoms with Gasteiger partial charge in [0.05, 0.1) is 11.0 Å². The molecule has 0 radical (unpaired) electrons. The molecule has 0 aromatic heterocycles. The van der Waals surface area contributed by atoms with Crippen molar-refractivity contribution >= 4 is 11.8 Å². The molecule has 1 aromatic carbocycles. The molecular formula is C23H30N2O5. The second-order valence-electron chi connectivity index (χ2n) is 9.47. The number of hydrogen-bond donors (Lipinski definition) is 0. The second kappa shape index (κ2) is 8.02. The predicted octanol–water partition coefficient (Wildman–Crippen LogP) is 5.15. The zero-order chi connectivity index (χ0) is 21.5. The number of carbonyl (C=O) groups excluding carboxylic acids is 1. The number of amides is 1. The average molecular weight is 415 g/mol. The number of nitro groups is 1. The molecular weight excluding hydrogens is 384 g/mol. The molecule has 30 heavy (non-hydrogen) atoms. The van der Waals surface area contributed by atoms with Crippen LogP contribution in [0.3, 0.4) is 0 Å². The summed E-state index contributed by atoms with van der Waals surface area (Å²) in [4.78, 5) is 29.3. The first-order chi connectivity index (χ1) is 14.3.